The van der Waals surface area contributed by atoms with Gasteiger partial charge in [0.15, 0.2) is 0 Å². The van der Waals surface area contributed by atoms with E-state index in [1.807, 2.05) is 0 Å². The first kappa shape index (κ1) is 16.0. The van der Waals surface area contributed by atoms with E-state index in [1.165, 1.54) is 13.2 Å². The number of carbonyl (C=O) groups is 2. The maximum atomic E-state index is 12.0. The molecule has 1 unspecified atom stereocenters. The van der Waals surface area contributed by atoms with E-state index in [0.29, 0.717) is 17.0 Å². The maximum Gasteiger partial charge on any atom is 0.340 e. The summed E-state index contributed by atoms with van der Waals surface area (Å²) in [6.07, 6.45) is 0. The fraction of sp³-hybridized carbons (Fsp3) is 0.429. The second-order valence-corrected chi connectivity index (χ2v) is 4.37. The van der Waals surface area contributed by atoms with Gasteiger partial charge in [-0.1, -0.05) is 0 Å². The molecule has 0 spiro atoms. The summed E-state index contributed by atoms with van der Waals surface area (Å²) in [5, 5.41) is 2.65. The Bertz CT molecular complexity index is 512. The quantitative estimate of drug-likeness (QED) is 0.797. The summed E-state index contributed by atoms with van der Waals surface area (Å²) < 4.78 is 10.1. The summed E-state index contributed by atoms with van der Waals surface area (Å²) in [4.78, 5) is 23.7. The van der Waals surface area contributed by atoms with Crippen molar-refractivity contribution >= 4 is 17.6 Å². The van der Waals surface area contributed by atoms with Crippen LogP contribution < -0.4 is 15.8 Å². The van der Waals surface area contributed by atoms with Crippen LogP contribution in [-0.2, 0) is 9.53 Å². The molecule has 1 rings (SSSR count). The molecule has 0 heterocycles. The zero-order valence-corrected chi connectivity index (χ0v) is 12.1. The predicted molar refractivity (Wildman–Crippen MR) is 76.0 cm³/mol. The molecule has 3 N–H and O–H groups in total. The molecule has 0 aliphatic heterocycles. The molecule has 0 aliphatic carbocycles. The minimum absolute atomic E-state index is 0.246. The highest BCUT2D eigenvalue weighted by Crippen LogP contribution is 2.27. The van der Waals surface area contributed by atoms with Gasteiger partial charge in [-0.25, -0.2) is 4.79 Å². The molecule has 1 atom stereocenters. The molecule has 6 nitrogen and oxygen atoms in total. The Morgan fingerprint density at radius 3 is 2.55 bits per heavy atom. The van der Waals surface area contributed by atoms with Gasteiger partial charge in [0.25, 0.3) is 0 Å². The zero-order valence-electron chi connectivity index (χ0n) is 12.1. The van der Waals surface area contributed by atoms with Crippen LogP contribution in [0.2, 0.25) is 0 Å². The Labute approximate surface area is 118 Å². The summed E-state index contributed by atoms with van der Waals surface area (Å²) in [5.41, 5.74) is 6.86. The number of esters is 1. The molecule has 0 bridgehead atoms. The molecular formula is C14H20N2O4. The van der Waals surface area contributed by atoms with Crippen LogP contribution in [0.5, 0.6) is 5.75 Å². The molecule has 0 aromatic heterocycles. The molecule has 110 valence electrons. The molecule has 0 saturated heterocycles. The van der Waals surface area contributed by atoms with Gasteiger partial charge in [-0.3, -0.25) is 4.79 Å². The summed E-state index contributed by atoms with van der Waals surface area (Å²) in [6.45, 7) is 5.29. The van der Waals surface area contributed by atoms with Gasteiger partial charge in [-0.05, 0) is 38.5 Å². The van der Waals surface area contributed by atoms with Gasteiger partial charge in [-0.15, -0.1) is 0 Å². The smallest absolute Gasteiger partial charge is 0.340 e. The number of carbonyl (C=O) groups excluding carboxylic acids is 2. The van der Waals surface area contributed by atoms with E-state index < -0.39 is 12.0 Å². The van der Waals surface area contributed by atoms with E-state index in [4.69, 9.17) is 15.2 Å². The Morgan fingerprint density at radius 1 is 1.40 bits per heavy atom. The Balaban J connectivity index is 3.25. The highest BCUT2D eigenvalue weighted by atomic mass is 16.5. The average molecular weight is 280 g/mol. The summed E-state index contributed by atoms with van der Waals surface area (Å²) >= 11 is 0. The number of nitrogens with two attached hydrogens (primary N) is 1. The lowest BCUT2D eigenvalue weighted by atomic mass is 10.1. The highest BCUT2D eigenvalue weighted by Gasteiger charge is 2.19. The van der Waals surface area contributed by atoms with Crippen molar-refractivity contribution in [3.63, 3.8) is 0 Å². The van der Waals surface area contributed by atoms with Crippen molar-refractivity contribution in [3.8, 4) is 5.75 Å². The number of benzene rings is 1. The lowest BCUT2D eigenvalue weighted by Crippen LogP contribution is -2.33. The monoisotopic (exact) mass is 280 g/mol. The zero-order chi connectivity index (χ0) is 15.3. The van der Waals surface area contributed by atoms with Crippen LogP contribution in [0.4, 0.5) is 5.69 Å². The molecule has 20 heavy (non-hydrogen) atoms. The summed E-state index contributed by atoms with van der Waals surface area (Å²) in [6, 6.07) is 2.58. The molecule has 0 aliphatic rings. The Hall–Kier alpha value is -2.08. The van der Waals surface area contributed by atoms with Crippen LogP contribution in [0.15, 0.2) is 12.1 Å². The first-order valence-corrected chi connectivity index (χ1v) is 6.32. The van der Waals surface area contributed by atoms with Crippen molar-refractivity contribution in [2.75, 3.05) is 19.0 Å². The summed E-state index contributed by atoms with van der Waals surface area (Å²) in [7, 11) is 1.50. The third-order valence-corrected chi connectivity index (χ3v) is 2.70. The molecule has 1 amide bonds. The molecule has 1 aromatic rings. The third kappa shape index (κ3) is 3.71. The van der Waals surface area contributed by atoms with Crippen LogP contribution in [0.1, 0.15) is 29.8 Å². The topological polar surface area (TPSA) is 90.6 Å². The number of ether oxygens (including phenoxy) is 2. The molecule has 0 saturated carbocycles. The first-order valence-electron chi connectivity index (χ1n) is 6.32. The lowest BCUT2D eigenvalue weighted by molar-refractivity contribution is -0.117. The molecular weight excluding hydrogens is 260 g/mol. The lowest BCUT2D eigenvalue weighted by Gasteiger charge is -2.16. The number of hydrogen-bond acceptors (Lipinski definition) is 5. The molecule has 0 fully saturated rings. The number of amides is 1. The van der Waals surface area contributed by atoms with Crippen LogP contribution in [-0.4, -0.2) is 31.6 Å². The van der Waals surface area contributed by atoms with Gasteiger partial charge in [-0.2, -0.15) is 0 Å². The predicted octanol–water partition coefficient (Wildman–Crippen LogP) is 1.47. The Morgan fingerprint density at radius 2 is 2.05 bits per heavy atom. The minimum atomic E-state index is -0.674. The van der Waals surface area contributed by atoms with E-state index >= 15 is 0 Å². The van der Waals surface area contributed by atoms with Gasteiger partial charge < -0.3 is 20.5 Å². The van der Waals surface area contributed by atoms with Crippen LogP contribution >= 0.6 is 0 Å². The van der Waals surface area contributed by atoms with Gasteiger partial charge in [0, 0.05) is 0 Å². The minimum Gasteiger partial charge on any atom is -0.497 e. The van der Waals surface area contributed by atoms with Gasteiger partial charge in [0.1, 0.15) is 5.75 Å². The van der Waals surface area contributed by atoms with Gasteiger partial charge >= 0.3 is 5.97 Å². The molecule has 6 heteroatoms. The number of hydrogen-bond donors (Lipinski definition) is 2. The fourth-order valence-electron chi connectivity index (χ4n) is 1.64. The normalized spacial score (nSPS) is 11.7. The first-order chi connectivity index (χ1) is 9.40. The average Bonchev–Trinajstić information content (AvgIpc) is 2.40. The number of anilines is 1. The van der Waals surface area contributed by atoms with Crippen molar-refractivity contribution in [1.82, 2.24) is 0 Å². The SMILES string of the molecule is CCOC(=O)c1cc(OC)cc(C)c1NC(=O)C(C)N. The van der Waals surface area contributed by atoms with Crippen LogP contribution in [0, 0.1) is 6.92 Å². The second-order valence-electron chi connectivity index (χ2n) is 4.37. The van der Waals surface area contributed by atoms with Crippen molar-refractivity contribution < 1.29 is 19.1 Å². The number of methoxy groups -OCH3 is 1. The van der Waals surface area contributed by atoms with Crippen LogP contribution in [0.25, 0.3) is 0 Å². The summed E-state index contributed by atoms with van der Waals surface area (Å²) in [5.74, 6) is -0.373. The fourth-order valence-corrected chi connectivity index (χ4v) is 1.64. The van der Waals surface area contributed by atoms with E-state index in [0.717, 1.165) is 0 Å². The Kier molecular flexibility index (Phi) is 5.52. The molecule has 0 radical (unpaired) electrons. The van der Waals surface area contributed by atoms with Crippen molar-refractivity contribution in [2.24, 2.45) is 5.73 Å². The number of nitrogens with one attached hydrogen (secondary N) is 1. The van der Waals surface area contributed by atoms with Crippen molar-refractivity contribution in [1.29, 1.82) is 0 Å². The van der Waals surface area contributed by atoms with E-state index in [9.17, 15) is 9.59 Å². The van der Waals surface area contributed by atoms with Gasteiger partial charge in [0.2, 0.25) is 5.91 Å². The van der Waals surface area contributed by atoms with Crippen LogP contribution in [0.3, 0.4) is 0 Å². The maximum absolute atomic E-state index is 12.0. The van der Waals surface area contributed by atoms with E-state index in [1.54, 1.807) is 26.8 Å². The van der Waals surface area contributed by atoms with E-state index in [-0.39, 0.29) is 18.1 Å². The molecule has 1 aromatic carbocycles. The van der Waals surface area contributed by atoms with E-state index in [2.05, 4.69) is 5.32 Å². The number of aryl methyl sites for hydroxylation is 1. The highest BCUT2D eigenvalue weighted by molar-refractivity contribution is 6.03. The van der Waals surface area contributed by atoms with Crippen molar-refractivity contribution in [2.45, 2.75) is 26.8 Å². The second kappa shape index (κ2) is 6.91. The van der Waals surface area contributed by atoms with Gasteiger partial charge in [0.05, 0.1) is 31.0 Å². The number of rotatable bonds is 5. The standard InChI is InChI=1S/C14H20N2O4/c1-5-20-14(18)11-7-10(19-4)6-8(2)12(11)16-13(17)9(3)15/h6-7,9H,5,15H2,1-4H3,(H,16,17). The largest absolute Gasteiger partial charge is 0.497 e. The third-order valence-electron chi connectivity index (χ3n) is 2.70. The van der Waals surface area contributed by atoms with Crippen molar-refractivity contribution in [3.05, 3.63) is 23.3 Å².